The molecule has 0 aliphatic carbocycles. The standard InChI is InChI=1S/C51H87NO7/c1-6-8-10-12-14-16-18-20-22-24-25-26-28-29-31-33-35-37-39-41-49(53)58-46-47(45-57-44-43-48(51(55)56)52(3,4)5)59-50(54)42-40-38-36-34-32-30-27-23-21-19-17-15-13-11-9-7-2/h8,10,14,16,20,22-23,25-27,29,31,47-48H,6-7,9,11-13,15,17-19,21,24,28,30,32-46H2,1-5H3/b10-8+,16-14+,22-20+,26-25+,27-23+,31-29+. The van der Waals surface area contributed by atoms with Crippen molar-refractivity contribution in [1.82, 2.24) is 0 Å². The van der Waals surface area contributed by atoms with Gasteiger partial charge < -0.3 is 28.6 Å². The number of carbonyl (C=O) groups excluding carboxylic acids is 3. The predicted molar refractivity (Wildman–Crippen MR) is 245 cm³/mol. The number of unbranched alkanes of at least 4 members (excludes halogenated alkanes) is 15. The van der Waals surface area contributed by atoms with Crippen LogP contribution in [-0.4, -0.2) is 75.5 Å². The molecule has 8 nitrogen and oxygen atoms in total. The van der Waals surface area contributed by atoms with E-state index in [4.69, 9.17) is 14.2 Å². The Labute approximate surface area is 361 Å². The lowest BCUT2D eigenvalue weighted by Gasteiger charge is -2.34. The minimum Gasteiger partial charge on any atom is -0.544 e. The van der Waals surface area contributed by atoms with Crippen molar-refractivity contribution in [2.75, 3.05) is 41.0 Å². The number of allylic oxidation sites excluding steroid dienone is 12. The summed E-state index contributed by atoms with van der Waals surface area (Å²) >= 11 is 0. The minimum absolute atomic E-state index is 0.0235. The van der Waals surface area contributed by atoms with Crippen LogP contribution in [0.1, 0.15) is 181 Å². The molecule has 0 N–H and O–H groups in total. The van der Waals surface area contributed by atoms with E-state index in [1.807, 2.05) is 0 Å². The first-order chi connectivity index (χ1) is 28.6. The first-order valence-corrected chi connectivity index (χ1v) is 23.5. The van der Waals surface area contributed by atoms with Crippen LogP contribution in [0.3, 0.4) is 0 Å². The second-order valence-electron chi connectivity index (χ2n) is 16.6. The smallest absolute Gasteiger partial charge is 0.306 e. The summed E-state index contributed by atoms with van der Waals surface area (Å²) in [7, 11) is 5.39. The van der Waals surface area contributed by atoms with Crippen LogP contribution in [0.15, 0.2) is 72.9 Å². The van der Waals surface area contributed by atoms with Gasteiger partial charge in [0.15, 0.2) is 6.10 Å². The molecule has 0 aromatic rings. The van der Waals surface area contributed by atoms with E-state index in [9.17, 15) is 19.5 Å². The van der Waals surface area contributed by atoms with Gasteiger partial charge in [-0.15, -0.1) is 0 Å². The summed E-state index contributed by atoms with van der Waals surface area (Å²) < 4.78 is 17.2. The first kappa shape index (κ1) is 55.8. The summed E-state index contributed by atoms with van der Waals surface area (Å²) in [6, 6.07) is -0.735. The van der Waals surface area contributed by atoms with Gasteiger partial charge >= 0.3 is 11.9 Å². The van der Waals surface area contributed by atoms with E-state index in [0.717, 1.165) is 89.9 Å². The van der Waals surface area contributed by atoms with E-state index in [-0.39, 0.29) is 42.7 Å². The van der Waals surface area contributed by atoms with Gasteiger partial charge in [0, 0.05) is 19.3 Å². The summed E-state index contributed by atoms with van der Waals surface area (Å²) in [5.41, 5.74) is 0. The van der Waals surface area contributed by atoms with E-state index in [1.54, 1.807) is 21.1 Å². The van der Waals surface area contributed by atoms with Crippen LogP contribution in [0.4, 0.5) is 0 Å². The number of aliphatic carboxylic acids is 1. The van der Waals surface area contributed by atoms with Crippen molar-refractivity contribution >= 4 is 17.9 Å². The molecule has 0 heterocycles. The van der Waals surface area contributed by atoms with Crippen LogP contribution in [-0.2, 0) is 28.6 Å². The number of nitrogens with zero attached hydrogens (tertiary/aromatic N) is 1. The van der Waals surface area contributed by atoms with E-state index < -0.39 is 18.1 Å². The number of hydrogen-bond donors (Lipinski definition) is 0. The van der Waals surface area contributed by atoms with Gasteiger partial charge in [-0.05, 0) is 83.5 Å². The Morgan fingerprint density at radius 2 is 0.949 bits per heavy atom. The van der Waals surface area contributed by atoms with Crippen LogP contribution in [0.25, 0.3) is 0 Å². The fourth-order valence-electron chi connectivity index (χ4n) is 6.44. The zero-order valence-corrected chi connectivity index (χ0v) is 38.4. The highest BCUT2D eigenvalue weighted by atomic mass is 16.6. The van der Waals surface area contributed by atoms with Gasteiger partial charge in [0.05, 0.1) is 40.3 Å². The zero-order chi connectivity index (χ0) is 43.5. The number of carbonyl (C=O) groups is 3. The molecule has 0 saturated heterocycles. The first-order valence-electron chi connectivity index (χ1n) is 23.5. The third kappa shape index (κ3) is 40.0. The third-order valence-corrected chi connectivity index (χ3v) is 10.1. The van der Waals surface area contributed by atoms with Crippen LogP contribution >= 0.6 is 0 Å². The van der Waals surface area contributed by atoms with Gasteiger partial charge in [-0.2, -0.15) is 0 Å². The second-order valence-corrected chi connectivity index (χ2v) is 16.6. The number of carboxylic acids is 1. The normalized spacial score (nSPS) is 13.6. The molecule has 0 rings (SSSR count). The Morgan fingerprint density at radius 3 is 1.44 bits per heavy atom. The number of hydrogen-bond acceptors (Lipinski definition) is 7. The highest BCUT2D eigenvalue weighted by Crippen LogP contribution is 2.13. The van der Waals surface area contributed by atoms with Gasteiger partial charge in [-0.1, -0.05) is 151 Å². The van der Waals surface area contributed by atoms with Gasteiger partial charge in [-0.25, -0.2) is 0 Å². The van der Waals surface area contributed by atoms with Gasteiger partial charge in [0.25, 0.3) is 0 Å². The van der Waals surface area contributed by atoms with Crippen LogP contribution in [0.5, 0.6) is 0 Å². The molecule has 0 aliphatic heterocycles. The zero-order valence-electron chi connectivity index (χ0n) is 38.4. The van der Waals surface area contributed by atoms with Gasteiger partial charge in [0.2, 0.25) is 0 Å². The molecule has 0 radical (unpaired) electrons. The molecule has 0 saturated carbocycles. The van der Waals surface area contributed by atoms with Crippen molar-refractivity contribution in [3.05, 3.63) is 72.9 Å². The van der Waals surface area contributed by atoms with E-state index in [0.29, 0.717) is 12.8 Å². The van der Waals surface area contributed by atoms with Crippen LogP contribution in [0.2, 0.25) is 0 Å². The van der Waals surface area contributed by atoms with Crippen LogP contribution in [0, 0.1) is 0 Å². The van der Waals surface area contributed by atoms with E-state index in [2.05, 4.69) is 86.8 Å². The van der Waals surface area contributed by atoms with Crippen molar-refractivity contribution in [1.29, 1.82) is 0 Å². The van der Waals surface area contributed by atoms with E-state index in [1.165, 1.54) is 57.8 Å². The van der Waals surface area contributed by atoms with Crippen molar-refractivity contribution in [3.8, 4) is 0 Å². The number of ether oxygens (including phenoxy) is 3. The number of likely N-dealkylation sites (N-methyl/N-ethyl adjacent to an activating group) is 1. The maximum atomic E-state index is 12.7. The fourth-order valence-corrected chi connectivity index (χ4v) is 6.44. The summed E-state index contributed by atoms with van der Waals surface area (Å²) in [5, 5.41) is 11.6. The monoisotopic (exact) mass is 826 g/mol. The molecule has 0 bridgehead atoms. The molecular formula is C51H87NO7. The molecule has 0 spiro atoms. The molecule has 0 fully saturated rings. The van der Waals surface area contributed by atoms with Crippen molar-refractivity contribution in [3.63, 3.8) is 0 Å². The predicted octanol–water partition coefficient (Wildman–Crippen LogP) is 11.8. The largest absolute Gasteiger partial charge is 0.544 e. The number of rotatable bonds is 41. The molecule has 2 unspecified atom stereocenters. The SMILES string of the molecule is CC/C=C/C/C=C/C/C=C/C/C=C/C/C=C/CCCCCC(=O)OCC(COCCC(C(=O)[O-])[N+](C)(C)C)OC(=O)CCCCCCC/C=C/CCCCCCCCC. The lowest BCUT2D eigenvalue weighted by molar-refractivity contribution is -0.889. The third-order valence-electron chi connectivity index (χ3n) is 10.1. The molecular weight excluding hydrogens is 739 g/mol. The molecule has 0 aliphatic rings. The second kappa shape index (κ2) is 41.5. The Hall–Kier alpha value is -3.23. The molecule has 0 amide bonds. The number of esters is 2. The summed E-state index contributed by atoms with van der Waals surface area (Å²) in [5.74, 6) is -1.79. The van der Waals surface area contributed by atoms with Crippen molar-refractivity contribution in [2.24, 2.45) is 0 Å². The van der Waals surface area contributed by atoms with Crippen molar-refractivity contribution < 1.29 is 38.2 Å². The molecule has 0 aromatic carbocycles. The van der Waals surface area contributed by atoms with Crippen LogP contribution < -0.4 is 5.11 Å². The van der Waals surface area contributed by atoms with Gasteiger partial charge in [0.1, 0.15) is 12.6 Å². The highest BCUT2D eigenvalue weighted by Gasteiger charge is 2.25. The van der Waals surface area contributed by atoms with Crippen molar-refractivity contribution in [2.45, 2.75) is 193 Å². The average Bonchev–Trinajstić information content (AvgIpc) is 3.19. The molecule has 0 aromatic heterocycles. The highest BCUT2D eigenvalue weighted by molar-refractivity contribution is 5.70. The molecule has 2 atom stereocenters. The Morgan fingerprint density at radius 1 is 0.525 bits per heavy atom. The van der Waals surface area contributed by atoms with E-state index >= 15 is 0 Å². The Bertz CT molecular complexity index is 1190. The summed E-state index contributed by atoms with van der Waals surface area (Å²) in [6.45, 7) is 4.50. The number of quaternary nitrogens is 1. The molecule has 338 valence electrons. The number of carboxylic acid groups (broad SMARTS) is 1. The maximum absolute atomic E-state index is 12.7. The quantitative estimate of drug-likeness (QED) is 0.0262. The fraction of sp³-hybridized carbons (Fsp3) is 0.706. The lowest BCUT2D eigenvalue weighted by atomic mass is 10.1. The Kier molecular flexibility index (Phi) is 39.2. The minimum atomic E-state index is -1.13. The molecule has 8 heteroatoms. The average molecular weight is 826 g/mol. The molecule has 59 heavy (non-hydrogen) atoms. The lowest BCUT2D eigenvalue weighted by Crippen LogP contribution is -2.55. The maximum Gasteiger partial charge on any atom is 0.306 e. The Balaban J connectivity index is 4.40. The summed E-state index contributed by atoms with van der Waals surface area (Å²) in [6.07, 6.45) is 52.1. The topological polar surface area (TPSA) is 102 Å². The summed E-state index contributed by atoms with van der Waals surface area (Å²) in [4.78, 5) is 36.9. The van der Waals surface area contributed by atoms with Gasteiger partial charge in [-0.3, -0.25) is 9.59 Å².